The van der Waals surface area contributed by atoms with Gasteiger partial charge in [0.15, 0.2) is 59.0 Å². The van der Waals surface area contributed by atoms with Crippen LogP contribution in [0, 0.1) is 35.5 Å². The minimum atomic E-state index is -2.30. The number of likely N-dealkylation sites (tertiary alicyclic amines) is 2. The number of carbonyl (C=O) groups is 4. The van der Waals surface area contributed by atoms with Gasteiger partial charge in [0.1, 0.15) is 11.5 Å². The van der Waals surface area contributed by atoms with Crippen molar-refractivity contribution in [1.29, 1.82) is 0 Å². The number of ketones is 2. The molecule has 4 saturated carbocycles. The summed E-state index contributed by atoms with van der Waals surface area (Å²) in [6, 6.07) is 3.31. The summed E-state index contributed by atoms with van der Waals surface area (Å²) in [5.41, 5.74) is 1.95. The first-order chi connectivity index (χ1) is 30.9. The zero-order valence-electron chi connectivity index (χ0n) is 37.3. The van der Waals surface area contributed by atoms with Crippen LogP contribution in [0.4, 0.5) is 0 Å². The van der Waals surface area contributed by atoms with Gasteiger partial charge in [-0.2, -0.15) is 0 Å². The highest BCUT2D eigenvalue weighted by Crippen LogP contribution is 2.68. The molecule has 14 nitrogen and oxygen atoms in total. The van der Waals surface area contributed by atoms with E-state index in [-0.39, 0.29) is 58.8 Å². The van der Waals surface area contributed by atoms with Crippen molar-refractivity contribution in [3.05, 3.63) is 34.4 Å². The van der Waals surface area contributed by atoms with Crippen molar-refractivity contribution in [2.45, 2.75) is 138 Å². The number of rotatable bonds is 13. The lowest BCUT2D eigenvalue weighted by Gasteiger charge is -2.60. The third kappa shape index (κ3) is 5.63. The molecule has 64 heavy (non-hydrogen) atoms. The number of hydrogen-bond acceptors (Lipinski definition) is 14. The average molecular weight is 881 g/mol. The Bertz CT molecular complexity index is 2200. The van der Waals surface area contributed by atoms with Crippen LogP contribution >= 0.6 is 0 Å². The molecule has 6 fully saturated rings. The first-order valence-electron chi connectivity index (χ1n) is 24.1. The van der Waals surface area contributed by atoms with E-state index in [1.807, 2.05) is 0 Å². The van der Waals surface area contributed by atoms with Gasteiger partial charge in [0.25, 0.3) is 0 Å². The molecular weight excluding hydrogens is 821 g/mol. The molecule has 0 amide bonds. The maximum absolute atomic E-state index is 14.0. The number of hydrogen-bond donors (Lipinski definition) is 2. The van der Waals surface area contributed by atoms with Crippen molar-refractivity contribution in [1.82, 2.24) is 9.80 Å². The molecule has 0 aromatic heterocycles. The number of aliphatic hydroxyl groups is 2. The molecule has 6 unspecified atom stereocenters. The predicted molar refractivity (Wildman–Crippen MR) is 228 cm³/mol. The molecule has 4 heterocycles. The number of esters is 2. The lowest BCUT2D eigenvalue weighted by atomic mass is 9.48. The molecule has 14 heteroatoms. The van der Waals surface area contributed by atoms with Crippen LogP contribution in [0.3, 0.4) is 0 Å². The zero-order valence-corrected chi connectivity index (χ0v) is 37.3. The SMILES string of the molecule is CCC1CC(=O)C2Oc3c(OC)cc(OC(=O)C(O)C(O)C(=O)Oc4cc(OC)c5c6c4C[C@@H]4[C@@H]7C(CC)CC(=O)C(O5)[C@]67CCN4CC4CC4)c4c3[C@@]23CCN(CC2CC2)[C@H](C4)[C@H]13. The minimum Gasteiger partial charge on any atom is -0.493 e. The van der Waals surface area contributed by atoms with Crippen LogP contribution in [0.25, 0.3) is 0 Å². The van der Waals surface area contributed by atoms with Gasteiger partial charge in [-0.25, -0.2) is 9.59 Å². The van der Waals surface area contributed by atoms with E-state index in [4.69, 9.17) is 28.4 Å². The molecule has 4 bridgehead atoms. The number of carbonyl (C=O) groups excluding carboxylic acids is 4. The Morgan fingerprint density at radius 3 is 1.44 bits per heavy atom. The summed E-state index contributed by atoms with van der Waals surface area (Å²) >= 11 is 0. The summed E-state index contributed by atoms with van der Waals surface area (Å²) in [6.07, 6.45) is 4.10. The van der Waals surface area contributed by atoms with Gasteiger partial charge in [-0.1, -0.05) is 26.7 Å². The molecule has 12 atom stereocenters. The van der Waals surface area contributed by atoms with Crippen molar-refractivity contribution in [3.8, 4) is 34.5 Å². The smallest absolute Gasteiger partial charge is 0.343 e. The lowest BCUT2D eigenvalue weighted by Crippen LogP contribution is -2.68. The van der Waals surface area contributed by atoms with E-state index < -0.39 is 47.2 Å². The van der Waals surface area contributed by atoms with Crippen LogP contribution in [0.1, 0.15) is 100 Å². The van der Waals surface area contributed by atoms with Gasteiger partial charge in [-0.3, -0.25) is 19.4 Å². The Morgan fingerprint density at radius 1 is 0.672 bits per heavy atom. The largest absolute Gasteiger partial charge is 0.493 e. The summed E-state index contributed by atoms with van der Waals surface area (Å²) in [4.78, 5) is 61.1. The van der Waals surface area contributed by atoms with E-state index in [9.17, 15) is 29.4 Å². The van der Waals surface area contributed by atoms with E-state index >= 15 is 0 Å². The number of ether oxygens (including phenoxy) is 6. The quantitative estimate of drug-likeness (QED) is 0.216. The molecule has 12 rings (SSSR count). The molecule has 2 aromatic carbocycles. The third-order valence-corrected chi connectivity index (χ3v) is 18.0. The zero-order chi connectivity index (χ0) is 44.1. The maximum Gasteiger partial charge on any atom is 0.343 e. The fraction of sp³-hybridized carbons (Fsp3) is 0.680. The Kier molecular flexibility index (Phi) is 9.42. The Morgan fingerprint density at radius 2 is 1.08 bits per heavy atom. The fourth-order valence-corrected chi connectivity index (χ4v) is 15.0. The van der Waals surface area contributed by atoms with Crippen molar-refractivity contribution < 1.29 is 57.8 Å². The second-order valence-corrected chi connectivity index (χ2v) is 21.0. The molecule has 4 aliphatic heterocycles. The van der Waals surface area contributed by atoms with Crippen LogP contribution < -0.4 is 28.4 Å². The van der Waals surface area contributed by atoms with Gasteiger partial charge >= 0.3 is 11.9 Å². The topological polar surface area (TPSA) is 171 Å². The number of piperidine rings is 2. The third-order valence-electron chi connectivity index (χ3n) is 18.0. The summed E-state index contributed by atoms with van der Waals surface area (Å²) in [5, 5.41) is 22.9. The minimum absolute atomic E-state index is 0.0809. The van der Waals surface area contributed by atoms with Gasteiger partial charge in [-0.15, -0.1) is 0 Å². The molecule has 0 radical (unpaired) electrons. The van der Waals surface area contributed by atoms with Gasteiger partial charge < -0.3 is 38.6 Å². The summed E-state index contributed by atoms with van der Waals surface area (Å²) in [6.45, 7) is 7.95. The first-order valence-corrected chi connectivity index (χ1v) is 24.1. The van der Waals surface area contributed by atoms with E-state index in [1.165, 1.54) is 39.9 Å². The second kappa shape index (κ2) is 14.6. The highest BCUT2D eigenvalue weighted by molar-refractivity contribution is 5.92. The Hall–Kier alpha value is -4.24. The van der Waals surface area contributed by atoms with Gasteiger partial charge in [-0.05, 0) is 100.0 Å². The standard InChI is InChI=1S/C50H60N2O12/c1-5-25-15-31(53)45-49-11-13-51(21-23-7-8-23)29(37(25)49)17-27-33(19-35(59-3)43(63-45)39(27)49)61-47(57)41(55)42(56)48(58)62-34-20-36(60-4)44-40-28(34)18-30-38-26(6-2)16-32(54)46(64-44)50(38,40)12-14-52(30)22-24-9-10-24/h19-20,23-26,29-30,37-38,41-42,45-46,55-56H,5-18,21-22H2,1-4H3/t25?,26?,29-,30-,37+,38+,41?,42?,45?,46?,49+,50+/m1/s1. The number of aliphatic hydroxyl groups excluding tert-OH is 2. The number of benzene rings is 2. The Balaban J connectivity index is 0.855. The maximum atomic E-state index is 14.0. The van der Waals surface area contributed by atoms with E-state index in [2.05, 4.69) is 23.6 Å². The van der Waals surface area contributed by atoms with Gasteiger partial charge in [0.05, 0.1) is 14.2 Å². The molecule has 2 aromatic rings. The highest BCUT2D eigenvalue weighted by atomic mass is 16.6. The van der Waals surface area contributed by atoms with Gasteiger partial charge in [0, 0.05) is 83.2 Å². The molecule has 6 aliphatic carbocycles. The molecule has 2 N–H and O–H groups in total. The van der Waals surface area contributed by atoms with Crippen LogP contribution in [-0.4, -0.2) is 120 Å². The molecule has 2 saturated heterocycles. The van der Waals surface area contributed by atoms with Crippen LogP contribution in [-0.2, 0) is 42.8 Å². The van der Waals surface area contributed by atoms with Crippen LogP contribution in [0.2, 0.25) is 0 Å². The lowest BCUT2D eigenvalue weighted by molar-refractivity contribution is -0.162. The van der Waals surface area contributed by atoms with E-state index in [0.29, 0.717) is 60.5 Å². The number of methoxy groups -OCH3 is 2. The van der Waals surface area contributed by atoms with Gasteiger partial charge in [0.2, 0.25) is 0 Å². The molecule has 2 spiro atoms. The molecule has 342 valence electrons. The van der Waals surface area contributed by atoms with Crippen molar-refractivity contribution >= 4 is 23.5 Å². The summed E-state index contributed by atoms with van der Waals surface area (Å²) < 4.78 is 36.9. The van der Waals surface area contributed by atoms with E-state index in [1.54, 1.807) is 12.1 Å². The first kappa shape index (κ1) is 41.2. The Labute approximate surface area is 373 Å². The van der Waals surface area contributed by atoms with Crippen molar-refractivity contribution in [3.63, 3.8) is 0 Å². The molecule has 10 aliphatic rings. The summed E-state index contributed by atoms with van der Waals surface area (Å²) in [7, 11) is 3.00. The van der Waals surface area contributed by atoms with Crippen LogP contribution in [0.5, 0.6) is 34.5 Å². The fourth-order valence-electron chi connectivity index (χ4n) is 15.0. The monoisotopic (exact) mass is 880 g/mol. The number of Topliss-reactive ketones (excluding diaryl/α,β-unsaturated/α-hetero) is 2. The van der Waals surface area contributed by atoms with E-state index in [0.717, 1.165) is 74.1 Å². The predicted octanol–water partition coefficient (Wildman–Crippen LogP) is 4.25. The van der Waals surface area contributed by atoms with Crippen molar-refractivity contribution in [2.75, 3.05) is 40.4 Å². The molecular formula is C50H60N2O12. The average Bonchev–Trinajstić information content (AvgIpc) is 4.23. The van der Waals surface area contributed by atoms with Crippen LogP contribution in [0.15, 0.2) is 12.1 Å². The summed E-state index contributed by atoms with van der Waals surface area (Å²) in [5.74, 6) is 1.64. The highest BCUT2D eigenvalue weighted by Gasteiger charge is 2.70. The second-order valence-electron chi connectivity index (χ2n) is 21.0. The number of nitrogens with zero attached hydrogens (tertiary/aromatic N) is 2. The van der Waals surface area contributed by atoms with Crippen molar-refractivity contribution in [2.24, 2.45) is 35.5 Å². The normalized spacial score (nSPS) is 36.0.